The summed E-state index contributed by atoms with van der Waals surface area (Å²) in [5.41, 5.74) is 19.6. The summed E-state index contributed by atoms with van der Waals surface area (Å²) >= 11 is 0. The first-order valence-electron chi connectivity index (χ1n) is 6.88. The Morgan fingerprint density at radius 2 is 2.00 bits per heavy atom. The van der Waals surface area contributed by atoms with Gasteiger partial charge < -0.3 is 11.5 Å². The van der Waals surface area contributed by atoms with Crippen LogP contribution >= 0.6 is 0 Å². The van der Waals surface area contributed by atoms with E-state index in [2.05, 4.69) is 13.0 Å². The van der Waals surface area contributed by atoms with Crippen LogP contribution in [0.4, 0.5) is 0 Å². The van der Waals surface area contributed by atoms with Crippen LogP contribution in [-0.2, 0) is 25.8 Å². The van der Waals surface area contributed by atoms with Crippen LogP contribution in [0, 0.1) is 0 Å². The Morgan fingerprint density at radius 3 is 2.59 bits per heavy atom. The van der Waals surface area contributed by atoms with Crippen LogP contribution in [0.2, 0.25) is 0 Å². The second-order valence-electron chi connectivity index (χ2n) is 5.48. The van der Waals surface area contributed by atoms with Crippen LogP contribution in [0.1, 0.15) is 53.5 Å². The maximum absolute atomic E-state index is 6.02. The van der Waals surface area contributed by atoms with Gasteiger partial charge in [-0.25, -0.2) is 0 Å². The van der Waals surface area contributed by atoms with Crippen molar-refractivity contribution >= 4 is 0 Å². The summed E-state index contributed by atoms with van der Waals surface area (Å²) in [5.74, 6) is 0.623. The lowest BCUT2D eigenvalue weighted by Crippen LogP contribution is -2.09. The highest BCUT2D eigenvalue weighted by atomic mass is 14.7. The molecule has 3 rings (SSSR count). The minimum atomic E-state index is 0.401. The average Bonchev–Trinajstić information content (AvgIpc) is 2.88. The molecule has 0 aromatic heterocycles. The normalized spacial score (nSPS) is 26.1. The van der Waals surface area contributed by atoms with E-state index in [4.69, 9.17) is 11.5 Å². The maximum Gasteiger partial charge on any atom is 0.0181 e. The zero-order valence-electron chi connectivity index (χ0n) is 10.6. The second kappa shape index (κ2) is 4.11. The summed E-state index contributed by atoms with van der Waals surface area (Å²) in [6.45, 7) is 2.92. The molecule has 2 aliphatic carbocycles. The predicted octanol–water partition coefficient (Wildman–Crippen LogP) is 2.01. The molecule has 0 aliphatic heterocycles. The summed E-state index contributed by atoms with van der Waals surface area (Å²) in [7, 11) is 0. The minimum absolute atomic E-state index is 0.401. The molecule has 2 atom stereocenters. The van der Waals surface area contributed by atoms with Gasteiger partial charge in [-0.05, 0) is 59.9 Å². The largest absolute Gasteiger partial charge is 0.327 e. The zero-order chi connectivity index (χ0) is 12.0. The quantitative estimate of drug-likeness (QED) is 0.834. The van der Waals surface area contributed by atoms with Crippen molar-refractivity contribution in [3.05, 3.63) is 33.9 Å². The first-order valence-corrected chi connectivity index (χ1v) is 6.88. The predicted molar refractivity (Wildman–Crippen MR) is 71.1 cm³/mol. The Balaban J connectivity index is 2.14. The third kappa shape index (κ3) is 1.71. The molecule has 0 amide bonds. The third-order valence-electron chi connectivity index (χ3n) is 4.46. The lowest BCUT2D eigenvalue weighted by molar-refractivity contribution is 0.896. The van der Waals surface area contributed by atoms with Crippen LogP contribution in [-0.4, -0.2) is 6.04 Å². The average molecular weight is 230 g/mol. The topological polar surface area (TPSA) is 52.0 Å². The van der Waals surface area contributed by atoms with E-state index in [0.717, 1.165) is 6.42 Å². The van der Waals surface area contributed by atoms with Gasteiger partial charge in [-0.15, -0.1) is 0 Å². The minimum Gasteiger partial charge on any atom is -0.327 e. The first kappa shape index (κ1) is 11.2. The number of hydrogen-bond donors (Lipinski definition) is 2. The molecule has 0 heterocycles. The van der Waals surface area contributed by atoms with Gasteiger partial charge in [-0.3, -0.25) is 0 Å². The number of nitrogens with two attached hydrogens (primary N) is 2. The standard InChI is InChI=1S/C15H22N2/c1-2-10-9(8-16)6-13(14-7-15(14)17)12-5-3-4-11(10)12/h6,14-15H,2-5,7-8,16-17H2,1H3. The Hall–Kier alpha value is -0.860. The van der Waals surface area contributed by atoms with Gasteiger partial charge in [-0.2, -0.15) is 0 Å². The molecule has 0 bridgehead atoms. The smallest absolute Gasteiger partial charge is 0.0181 e. The van der Waals surface area contributed by atoms with E-state index in [1.807, 2.05) is 0 Å². The van der Waals surface area contributed by atoms with Crippen molar-refractivity contribution in [1.29, 1.82) is 0 Å². The molecule has 17 heavy (non-hydrogen) atoms. The summed E-state index contributed by atoms with van der Waals surface area (Å²) < 4.78 is 0. The lowest BCUT2D eigenvalue weighted by Gasteiger charge is -2.16. The van der Waals surface area contributed by atoms with Crippen molar-refractivity contribution in [3.63, 3.8) is 0 Å². The summed E-state index contributed by atoms with van der Waals surface area (Å²) in [5, 5.41) is 0. The van der Waals surface area contributed by atoms with E-state index in [9.17, 15) is 0 Å². The third-order valence-corrected chi connectivity index (χ3v) is 4.46. The summed E-state index contributed by atoms with van der Waals surface area (Å²) in [4.78, 5) is 0. The number of hydrogen-bond acceptors (Lipinski definition) is 2. The highest BCUT2D eigenvalue weighted by Gasteiger charge is 2.38. The Kier molecular flexibility index (Phi) is 2.72. The SMILES string of the molecule is CCc1c(CN)cc(C2CC2N)c2c1CCC2. The molecule has 0 saturated heterocycles. The van der Waals surface area contributed by atoms with Crippen molar-refractivity contribution in [1.82, 2.24) is 0 Å². The number of benzene rings is 1. The fourth-order valence-corrected chi connectivity index (χ4v) is 3.48. The Bertz CT molecular complexity index is 451. The van der Waals surface area contributed by atoms with Crippen LogP contribution in [0.5, 0.6) is 0 Å². The molecular weight excluding hydrogens is 208 g/mol. The Morgan fingerprint density at radius 1 is 1.29 bits per heavy atom. The van der Waals surface area contributed by atoms with E-state index in [0.29, 0.717) is 18.5 Å². The van der Waals surface area contributed by atoms with Gasteiger partial charge in [0.15, 0.2) is 0 Å². The van der Waals surface area contributed by atoms with Gasteiger partial charge in [0.1, 0.15) is 0 Å². The van der Waals surface area contributed by atoms with Gasteiger partial charge >= 0.3 is 0 Å². The molecule has 2 aliphatic rings. The molecule has 1 aromatic carbocycles. The number of fused-ring (bicyclic) bond motifs is 1. The van der Waals surface area contributed by atoms with Gasteiger partial charge in [-0.1, -0.05) is 13.0 Å². The van der Waals surface area contributed by atoms with Gasteiger partial charge in [0.25, 0.3) is 0 Å². The van der Waals surface area contributed by atoms with E-state index in [-0.39, 0.29) is 0 Å². The van der Waals surface area contributed by atoms with Crippen molar-refractivity contribution < 1.29 is 0 Å². The van der Waals surface area contributed by atoms with Crippen molar-refractivity contribution in [3.8, 4) is 0 Å². The fourth-order valence-electron chi connectivity index (χ4n) is 3.48. The maximum atomic E-state index is 6.02. The van der Waals surface area contributed by atoms with Gasteiger partial charge in [0.05, 0.1) is 0 Å². The molecule has 2 unspecified atom stereocenters. The van der Waals surface area contributed by atoms with E-state index in [1.54, 1.807) is 11.1 Å². The molecule has 1 fully saturated rings. The second-order valence-corrected chi connectivity index (χ2v) is 5.48. The number of rotatable bonds is 3. The van der Waals surface area contributed by atoms with E-state index >= 15 is 0 Å². The molecule has 1 aromatic rings. The molecule has 4 N–H and O–H groups in total. The molecule has 0 spiro atoms. The van der Waals surface area contributed by atoms with Gasteiger partial charge in [0.2, 0.25) is 0 Å². The van der Waals surface area contributed by atoms with E-state index in [1.165, 1.54) is 42.4 Å². The molecular formula is C15H22N2. The highest BCUT2D eigenvalue weighted by molar-refractivity contribution is 5.51. The van der Waals surface area contributed by atoms with Crippen molar-refractivity contribution in [2.45, 2.75) is 57.5 Å². The molecule has 2 heteroatoms. The lowest BCUT2D eigenvalue weighted by atomic mass is 9.90. The van der Waals surface area contributed by atoms with Crippen LogP contribution in [0.3, 0.4) is 0 Å². The van der Waals surface area contributed by atoms with Crippen LogP contribution < -0.4 is 11.5 Å². The first-order chi connectivity index (χ1) is 8.26. The summed E-state index contributed by atoms with van der Waals surface area (Å²) in [6.07, 6.45) is 6.10. The molecule has 92 valence electrons. The Labute approximate surface area is 103 Å². The van der Waals surface area contributed by atoms with Crippen LogP contribution in [0.15, 0.2) is 6.07 Å². The fraction of sp³-hybridized carbons (Fsp3) is 0.600. The summed E-state index contributed by atoms with van der Waals surface area (Å²) in [6, 6.07) is 2.76. The van der Waals surface area contributed by atoms with Crippen molar-refractivity contribution in [2.75, 3.05) is 0 Å². The highest BCUT2D eigenvalue weighted by Crippen LogP contribution is 2.44. The van der Waals surface area contributed by atoms with Crippen LogP contribution in [0.25, 0.3) is 0 Å². The van der Waals surface area contributed by atoms with E-state index < -0.39 is 0 Å². The van der Waals surface area contributed by atoms with Crippen molar-refractivity contribution in [2.24, 2.45) is 11.5 Å². The van der Waals surface area contributed by atoms with Gasteiger partial charge in [0, 0.05) is 18.5 Å². The monoisotopic (exact) mass is 230 g/mol. The molecule has 2 nitrogen and oxygen atoms in total. The molecule has 0 radical (unpaired) electrons. The zero-order valence-corrected chi connectivity index (χ0v) is 10.6. The molecule has 1 saturated carbocycles.